The molecule has 2 N–H and O–H groups in total. The molecule has 1 saturated carbocycles. The van der Waals surface area contributed by atoms with Crippen molar-refractivity contribution in [1.29, 1.82) is 0 Å². The van der Waals surface area contributed by atoms with Crippen molar-refractivity contribution in [2.45, 2.75) is 45.4 Å². The number of amides is 1. The molecule has 0 bridgehead atoms. The fourth-order valence-corrected chi connectivity index (χ4v) is 2.84. The number of benzene rings is 1. The van der Waals surface area contributed by atoms with E-state index in [1.807, 2.05) is 24.3 Å². The topological polar surface area (TPSA) is 50.4 Å². The van der Waals surface area contributed by atoms with Gasteiger partial charge in [0.15, 0.2) is 5.11 Å². The summed E-state index contributed by atoms with van der Waals surface area (Å²) in [6.45, 7) is 2.75. The van der Waals surface area contributed by atoms with E-state index in [1.54, 1.807) is 0 Å². The van der Waals surface area contributed by atoms with Crippen LogP contribution in [-0.2, 0) is 4.79 Å². The lowest BCUT2D eigenvalue weighted by molar-refractivity contribution is -0.124. The van der Waals surface area contributed by atoms with E-state index < -0.39 is 0 Å². The predicted molar refractivity (Wildman–Crippen MR) is 93.2 cm³/mol. The van der Waals surface area contributed by atoms with Gasteiger partial charge in [-0.2, -0.15) is 0 Å². The van der Waals surface area contributed by atoms with Gasteiger partial charge in [0, 0.05) is 17.7 Å². The molecule has 0 aromatic heterocycles. The summed E-state index contributed by atoms with van der Waals surface area (Å²) in [5.41, 5.74) is 0.822. The Morgan fingerprint density at radius 1 is 1.32 bits per heavy atom. The Kier molecular flexibility index (Phi) is 6.65. The highest BCUT2D eigenvalue weighted by molar-refractivity contribution is 7.80. The van der Waals surface area contributed by atoms with Gasteiger partial charge in [0.05, 0.1) is 6.61 Å². The van der Waals surface area contributed by atoms with Crippen LogP contribution in [0.4, 0.5) is 5.69 Å². The Morgan fingerprint density at radius 3 is 2.82 bits per heavy atom. The SMILES string of the molecule is CCCOc1cccc(NC(=S)NC(=O)C2CCCCC2)c1. The first kappa shape index (κ1) is 16.7. The Bertz CT molecular complexity index is 513. The number of hydrogen-bond acceptors (Lipinski definition) is 3. The number of anilines is 1. The number of ether oxygens (including phenoxy) is 1. The van der Waals surface area contributed by atoms with Crippen LogP contribution in [0, 0.1) is 5.92 Å². The number of carbonyl (C=O) groups is 1. The summed E-state index contributed by atoms with van der Waals surface area (Å²) < 4.78 is 5.58. The highest BCUT2D eigenvalue weighted by Crippen LogP contribution is 2.23. The summed E-state index contributed by atoms with van der Waals surface area (Å²) in [6.07, 6.45) is 6.40. The molecule has 0 aliphatic heterocycles. The number of carbonyl (C=O) groups excluding carboxylic acids is 1. The lowest BCUT2D eigenvalue weighted by Crippen LogP contribution is -2.38. The van der Waals surface area contributed by atoms with E-state index in [0.29, 0.717) is 11.7 Å². The molecule has 22 heavy (non-hydrogen) atoms. The molecule has 2 rings (SSSR count). The van der Waals surface area contributed by atoms with E-state index >= 15 is 0 Å². The Hall–Kier alpha value is -1.62. The van der Waals surface area contributed by atoms with Crippen molar-refractivity contribution < 1.29 is 9.53 Å². The lowest BCUT2D eigenvalue weighted by atomic mass is 9.89. The first-order chi connectivity index (χ1) is 10.7. The minimum atomic E-state index is 0.0376. The van der Waals surface area contributed by atoms with Crippen molar-refractivity contribution in [3.8, 4) is 5.75 Å². The molecule has 1 aliphatic rings. The smallest absolute Gasteiger partial charge is 0.229 e. The van der Waals surface area contributed by atoms with Gasteiger partial charge in [-0.05, 0) is 43.6 Å². The van der Waals surface area contributed by atoms with Crippen molar-refractivity contribution in [3.05, 3.63) is 24.3 Å². The second-order valence-electron chi connectivity index (χ2n) is 5.65. The van der Waals surface area contributed by atoms with Crippen LogP contribution >= 0.6 is 12.2 Å². The maximum atomic E-state index is 12.1. The summed E-state index contributed by atoms with van der Waals surface area (Å²) >= 11 is 5.23. The minimum absolute atomic E-state index is 0.0376. The maximum absolute atomic E-state index is 12.1. The van der Waals surface area contributed by atoms with Crippen LogP contribution in [0.25, 0.3) is 0 Å². The van der Waals surface area contributed by atoms with E-state index in [0.717, 1.165) is 43.5 Å². The van der Waals surface area contributed by atoms with Gasteiger partial charge in [-0.3, -0.25) is 4.79 Å². The summed E-state index contributed by atoms with van der Waals surface area (Å²) in [7, 11) is 0. The van der Waals surface area contributed by atoms with E-state index in [9.17, 15) is 4.79 Å². The standard InChI is InChI=1S/C17H24N2O2S/c1-2-11-21-15-10-6-9-14(12-15)18-17(22)19-16(20)13-7-4-3-5-8-13/h6,9-10,12-13H,2-5,7-8,11H2,1H3,(H2,18,19,20,22). The Labute approximate surface area is 137 Å². The minimum Gasteiger partial charge on any atom is -0.494 e. The molecule has 5 heteroatoms. The second-order valence-corrected chi connectivity index (χ2v) is 6.06. The molecule has 1 aromatic rings. The van der Waals surface area contributed by atoms with Crippen molar-refractivity contribution in [1.82, 2.24) is 5.32 Å². The van der Waals surface area contributed by atoms with Crippen LogP contribution in [0.5, 0.6) is 5.75 Å². The Balaban J connectivity index is 1.84. The monoisotopic (exact) mass is 320 g/mol. The van der Waals surface area contributed by atoms with Crippen molar-refractivity contribution in [2.24, 2.45) is 5.92 Å². The largest absolute Gasteiger partial charge is 0.494 e. The lowest BCUT2D eigenvalue weighted by Gasteiger charge is -2.21. The Morgan fingerprint density at radius 2 is 2.09 bits per heavy atom. The normalized spacial score (nSPS) is 15.1. The summed E-state index contributed by atoms with van der Waals surface area (Å²) in [6, 6.07) is 7.59. The fourth-order valence-electron chi connectivity index (χ4n) is 2.62. The molecule has 1 amide bonds. The number of nitrogens with one attached hydrogen (secondary N) is 2. The quantitative estimate of drug-likeness (QED) is 0.809. The van der Waals surface area contributed by atoms with Crippen LogP contribution < -0.4 is 15.4 Å². The number of thiocarbonyl (C=S) groups is 1. The van der Waals surface area contributed by atoms with E-state index in [4.69, 9.17) is 17.0 Å². The maximum Gasteiger partial charge on any atom is 0.229 e. The third-order valence-electron chi connectivity index (χ3n) is 3.78. The molecule has 120 valence electrons. The van der Waals surface area contributed by atoms with E-state index in [2.05, 4.69) is 17.6 Å². The third-order valence-corrected chi connectivity index (χ3v) is 3.98. The molecule has 1 aromatic carbocycles. The molecule has 0 heterocycles. The van der Waals surface area contributed by atoms with Crippen LogP contribution in [0.1, 0.15) is 45.4 Å². The first-order valence-electron chi connectivity index (χ1n) is 8.03. The average molecular weight is 320 g/mol. The number of rotatable bonds is 5. The van der Waals surface area contributed by atoms with Gasteiger partial charge in [-0.15, -0.1) is 0 Å². The molecule has 0 spiro atoms. The fraction of sp³-hybridized carbons (Fsp3) is 0.529. The zero-order valence-corrected chi connectivity index (χ0v) is 13.9. The van der Waals surface area contributed by atoms with Gasteiger partial charge in [0.1, 0.15) is 5.75 Å². The van der Waals surface area contributed by atoms with E-state index in [1.165, 1.54) is 6.42 Å². The predicted octanol–water partition coefficient (Wildman–Crippen LogP) is 3.87. The zero-order chi connectivity index (χ0) is 15.8. The van der Waals surface area contributed by atoms with Crippen LogP contribution in [-0.4, -0.2) is 17.6 Å². The molecule has 4 nitrogen and oxygen atoms in total. The van der Waals surface area contributed by atoms with Crippen molar-refractivity contribution in [3.63, 3.8) is 0 Å². The second kappa shape index (κ2) is 8.73. The highest BCUT2D eigenvalue weighted by atomic mass is 32.1. The molecular formula is C17H24N2O2S. The van der Waals surface area contributed by atoms with Crippen molar-refractivity contribution in [2.75, 3.05) is 11.9 Å². The van der Waals surface area contributed by atoms with E-state index in [-0.39, 0.29) is 11.8 Å². The van der Waals surface area contributed by atoms with Gasteiger partial charge in [-0.25, -0.2) is 0 Å². The highest BCUT2D eigenvalue weighted by Gasteiger charge is 2.21. The van der Waals surface area contributed by atoms with Gasteiger partial charge >= 0.3 is 0 Å². The summed E-state index contributed by atoms with van der Waals surface area (Å²) in [5, 5.41) is 6.20. The molecular weight excluding hydrogens is 296 g/mol. The molecule has 0 saturated heterocycles. The van der Waals surface area contributed by atoms with Gasteiger partial charge < -0.3 is 15.4 Å². The molecule has 0 atom stereocenters. The molecule has 1 aliphatic carbocycles. The first-order valence-corrected chi connectivity index (χ1v) is 8.44. The van der Waals surface area contributed by atoms with Gasteiger partial charge in [0.25, 0.3) is 0 Å². The van der Waals surface area contributed by atoms with Gasteiger partial charge in [-0.1, -0.05) is 32.3 Å². The molecule has 1 fully saturated rings. The molecule has 0 radical (unpaired) electrons. The summed E-state index contributed by atoms with van der Waals surface area (Å²) in [4.78, 5) is 12.1. The average Bonchev–Trinajstić information content (AvgIpc) is 2.54. The van der Waals surface area contributed by atoms with Crippen LogP contribution in [0.2, 0.25) is 0 Å². The zero-order valence-electron chi connectivity index (χ0n) is 13.1. The third kappa shape index (κ3) is 5.30. The van der Waals surface area contributed by atoms with Crippen molar-refractivity contribution >= 4 is 28.9 Å². The van der Waals surface area contributed by atoms with Gasteiger partial charge in [0.2, 0.25) is 5.91 Å². The summed E-state index contributed by atoms with van der Waals surface area (Å²) in [5.74, 6) is 0.941. The van der Waals surface area contributed by atoms with Crippen LogP contribution in [0.3, 0.4) is 0 Å². The number of hydrogen-bond donors (Lipinski definition) is 2. The van der Waals surface area contributed by atoms with Crippen LogP contribution in [0.15, 0.2) is 24.3 Å². The molecule has 0 unspecified atom stereocenters.